The van der Waals surface area contributed by atoms with E-state index < -0.39 is 12.0 Å². The summed E-state index contributed by atoms with van der Waals surface area (Å²) < 4.78 is 10.5. The van der Waals surface area contributed by atoms with Gasteiger partial charge in [0.05, 0.1) is 31.9 Å². The minimum atomic E-state index is -0.827. The highest BCUT2D eigenvalue weighted by Gasteiger charge is 2.36. The van der Waals surface area contributed by atoms with E-state index in [1.54, 1.807) is 30.7 Å². The second kappa shape index (κ2) is 6.99. The maximum absolute atomic E-state index is 11.0. The van der Waals surface area contributed by atoms with Gasteiger partial charge in [-0.15, -0.1) is 0 Å². The SMILES string of the molecule is COC1=CC(O)C(C(CC=O)c2cnccn2)C(OC)=C1. The fraction of sp³-hybridized carbons (Fsp3) is 0.400. The Morgan fingerprint density at radius 1 is 1.38 bits per heavy atom. The van der Waals surface area contributed by atoms with Crippen LogP contribution in [0.4, 0.5) is 0 Å². The van der Waals surface area contributed by atoms with E-state index in [9.17, 15) is 9.90 Å². The smallest absolute Gasteiger partial charge is 0.120 e. The number of carbonyl (C=O) groups excluding carboxylic acids is 1. The summed E-state index contributed by atoms with van der Waals surface area (Å²) in [5, 5.41) is 10.4. The van der Waals surface area contributed by atoms with Crippen LogP contribution in [0.1, 0.15) is 18.0 Å². The number of ether oxygens (including phenoxy) is 2. The van der Waals surface area contributed by atoms with E-state index in [0.29, 0.717) is 17.2 Å². The Balaban J connectivity index is 2.38. The first-order valence-electron chi connectivity index (χ1n) is 6.60. The molecule has 1 heterocycles. The number of hydrogen-bond acceptors (Lipinski definition) is 6. The fourth-order valence-corrected chi connectivity index (χ4v) is 2.54. The number of aliphatic hydroxyl groups is 1. The Kier molecular flexibility index (Phi) is 5.05. The molecule has 1 aromatic heterocycles. The lowest BCUT2D eigenvalue weighted by molar-refractivity contribution is -0.108. The zero-order valence-corrected chi connectivity index (χ0v) is 12.0. The van der Waals surface area contributed by atoms with Gasteiger partial charge in [0.15, 0.2) is 0 Å². The summed E-state index contributed by atoms with van der Waals surface area (Å²) in [4.78, 5) is 19.3. The summed E-state index contributed by atoms with van der Waals surface area (Å²) in [6.45, 7) is 0. The molecular formula is C15H18N2O4. The van der Waals surface area contributed by atoms with Gasteiger partial charge < -0.3 is 19.4 Å². The molecule has 112 valence electrons. The number of carbonyl (C=O) groups is 1. The molecule has 0 fully saturated rings. The van der Waals surface area contributed by atoms with Gasteiger partial charge in [-0.1, -0.05) is 0 Å². The third-order valence-electron chi connectivity index (χ3n) is 3.53. The molecule has 1 aliphatic carbocycles. The molecule has 0 aromatic carbocycles. The van der Waals surface area contributed by atoms with E-state index in [1.165, 1.54) is 14.2 Å². The molecule has 0 bridgehead atoms. The minimum absolute atomic E-state index is 0.220. The molecule has 0 saturated heterocycles. The molecule has 3 unspecified atom stereocenters. The molecule has 3 atom stereocenters. The molecule has 2 rings (SSSR count). The second-order valence-electron chi connectivity index (χ2n) is 4.68. The van der Waals surface area contributed by atoms with Gasteiger partial charge in [-0.2, -0.15) is 0 Å². The zero-order chi connectivity index (χ0) is 15.2. The number of methoxy groups -OCH3 is 2. The van der Waals surface area contributed by atoms with E-state index in [-0.39, 0.29) is 12.3 Å². The van der Waals surface area contributed by atoms with E-state index >= 15 is 0 Å². The Morgan fingerprint density at radius 3 is 2.76 bits per heavy atom. The summed E-state index contributed by atoms with van der Waals surface area (Å²) >= 11 is 0. The zero-order valence-electron chi connectivity index (χ0n) is 12.0. The number of nitrogens with zero attached hydrogens (tertiary/aromatic N) is 2. The molecule has 1 N–H and O–H groups in total. The number of aldehydes is 1. The number of aromatic nitrogens is 2. The highest BCUT2D eigenvalue weighted by molar-refractivity contribution is 5.52. The largest absolute Gasteiger partial charge is 0.501 e. The van der Waals surface area contributed by atoms with E-state index in [4.69, 9.17) is 9.47 Å². The second-order valence-corrected chi connectivity index (χ2v) is 4.68. The predicted octanol–water partition coefficient (Wildman–Crippen LogP) is 1.20. The van der Waals surface area contributed by atoms with Gasteiger partial charge in [0, 0.05) is 37.0 Å². The van der Waals surface area contributed by atoms with Crippen LogP contribution in [-0.2, 0) is 14.3 Å². The molecule has 6 nitrogen and oxygen atoms in total. The van der Waals surface area contributed by atoms with Crippen molar-refractivity contribution >= 4 is 6.29 Å². The lowest BCUT2D eigenvalue weighted by atomic mass is 9.79. The molecule has 1 aromatic rings. The molecule has 6 heteroatoms. The first-order chi connectivity index (χ1) is 10.2. The first kappa shape index (κ1) is 15.2. The maximum Gasteiger partial charge on any atom is 0.120 e. The van der Waals surface area contributed by atoms with Crippen molar-refractivity contribution < 1.29 is 19.4 Å². The molecule has 0 radical (unpaired) electrons. The van der Waals surface area contributed by atoms with Crippen molar-refractivity contribution in [3.63, 3.8) is 0 Å². The molecular weight excluding hydrogens is 272 g/mol. The number of allylic oxidation sites excluding steroid dienone is 1. The van der Waals surface area contributed by atoms with Crippen LogP contribution in [0.3, 0.4) is 0 Å². The van der Waals surface area contributed by atoms with Gasteiger partial charge in [0.25, 0.3) is 0 Å². The quantitative estimate of drug-likeness (QED) is 0.793. The normalized spacial score (nSPS) is 22.8. The Bertz CT molecular complexity index is 542. The molecule has 0 amide bonds. The average molecular weight is 290 g/mol. The third-order valence-corrected chi connectivity index (χ3v) is 3.53. The van der Waals surface area contributed by atoms with Crippen molar-refractivity contribution in [3.8, 4) is 0 Å². The van der Waals surface area contributed by atoms with Gasteiger partial charge in [0.2, 0.25) is 0 Å². The lowest BCUT2D eigenvalue weighted by Gasteiger charge is -2.32. The number of rotatable bonds is 6. The van der Waals surface area contributed by atoms with Gasteiger partial charge in [-0.05, 0) is 6.08 Å². The van der Waals surface area contributed by atoms with E-state index in [2.05, 4.69) is 9.97 Å². The van der Waals surface area contributed by atoms with Crippen LogP contribution in [-0.4, -0.2) is 41.7 Å². The third kappa shape index (κ3) is 3.28. The summed E-state index contributed by atoms with van der Waals surface area (Å²) in [5.74, 6) is 0.363. The van der Waals surface area contributed by atoms with Crippen LogP contribution in [0.2, 0.25) is 0 Å². The van der Waals surface area contributed by atoms with Crippen molar-refractivity contribution in [2.75, 3.05) is 14.2 Å². The van der Waals surface area contributed by atoms with Crippen LogP contribution in [0.5, 0.6) is 0 Å². The summed E-state index contributed by atoms with van der Waals surface area (Å²) in [6.07, 6.45) is 8.25. The standard InChI is InChI=1S/C15H18N2O4/c1-20-10-7-13(19)15(14(8-10)21-2)11(3-6-18)12-9-16-4-5-17-12/h4-9,11,13,15,19H,3H2,1-2H3. The topological polar surface area (TPSA) is 81.5 Å². The Hall–Kier alpha value is -2.21. The van der Waals surface area contributed by atoms with Gasteiger partial charge in [0.1, 0.15) is 17.8 Å². The van der Waals surface area contributed by atoms with Crippen molar-refractivity contribution in [2.45, 2.75) is 18.4 Å². The van der Waals surface area contributed by atoms with Gasteiger partial charge in [-0.3, -0.25) is 9.97 Å². The molecule has 0 spiro atoms. The molecule has 1 aliphatic rings. The van der Waals surface area contributed by atoms with Crippen LogP contribution >= 0.6 is 0 Å². The molecule has 0 aliphatic heterocycles. The highest BCUT2D eigenvalue weighted by atomic mass is 16.5. The van der Waals surface area contributed by atoms with E-state index in [1.807, 2.05) is 0 Å². The first-order valence-corrected chi connectivity index (χ1v) is 6.60. The number of aliphatic hydroxyl groups excluding tert-OH is 1. The molecule has 0 saturated carbocycles. The predicted molar refractivity (Wildman–Crippen MR) is 75.1 cm³/mol. The van der Waals surface area contributed by atoms with Crippen LogP contribution < -0.4 is 0 Å². The van der Waals surface area contributed by atoms with Crippen LogP contribution in [0, 0.1) is 5.92 Å². The number of hydrogen-bond donors (Lipinski definition) is 1. The maximum atomic E-state index is 11.0. The monoisotopic (exact) mass is 290 g/mol. The van der Waals surface area contributed by atoms with Crippen molar-refractivity contribution in [3.05, 3.63) is 48.0 Å². The Morgan fingerprint density at radius 2 is 2.19 bits per heavy atom. The van der Waals surface area contributed by atoms with Crippen molar-refractivity contribution in [1.82, 2.24) is 9.97 Å². The van der Waals surface area contributed by atoms with Crippen LogP contribution in [0.25, 0.3) is 0 Å². The van der Waals surface area contributed by atoms with Gasteiger partial charge in [-0.25, -0.2) is 0 Å². The summed E-state index contributed by atoms with van der Waals surface area (Å²) in [7, 11) is 3.05. The van der Waals surface area contributed by atoms with Crippen molar-refractivity contribution in [2.24, 2.45) is 5.92 Å². The lowest BCUT2D eigenvalue weighted by Crippen LogP contribution is -2.31. The summed E-state index contributed by atoms with van der Waals surface area (Å²) in [5.41, 5.74) is 0.644. The van der Waals surface area contributed by atoms with Crippen LogP contribution in [0.15, 0.2) is 42.3 Å². The fourth-order valence-electron chi connectivity index (χ4n) is 2.54. The highest BCUT2D eigenvalue weighted by Crippen LogP contribution is 2.37. The molecule has 21 heavy (non-hydrogen) atoms. The van der Waals surface area contributed by atoms with Gasteiger partial charge >= 0.3 is 0 Å². The average Bonchev–Trinajstić information content (AvgIpc) is 2.53. The van der Waals surface area contributed by atoms with Crippen molar-refractivity contribution in [1.29, 1.82) is 0 Å². The summed E-state index contributed by atoms with van der Waals surface area (Å²) in [6, 6.07) is 0. The Labute approximate surface area is 123 Å². The van der Waals surface area contributed by atoms with E-state index in [0.717, 1.165) is 6.29 Å². The minimum Gasteiger partial charge on any atom is -0.501 e.